The maximum absolute atomic E-state index is 13.5. The molecule has 0 spiro atoms. The molecule has 90 valence electrons. The lowest BCUT2D eigenvalue weighted by Crippen LogP contribution is -2.02. The van der Waals surface area contributed by atoms with E-state index in [1.807, 2.05) is 37.3 Å². The molecule has 2 aromatic carbocycles. The summed E-state index contributed by atoms with van der Waals surface area (Å²) in [6, 6.07) is 12.6. The molecule has 0 atom stereocenters. The second-order valence-electron chi connectivity index (χ2n) is 4.17. The van der Waals surface area contributed by atoms with Crippen molar-refractivity contribution in [1.82, 2.24) is 0 Å². The molecule has 2 aromatic rings. The number of halogens is 1. The third kappa shape index (κ3) is 2.89. The fourth-order valence-electron chi connectivity index (χ4n) is 1.76. The van der Waals surface area contributed by atoms with Crippen molar-refractivity contribution in [3.05, 3.63) is 65.0 Å². The first kappa shape index (κ1) is 12.2. The van der Waals surface area contributed by atoms with E-state index in [1.54, 1.807) is 6.07 Å². The highest BCUT2D eigenvalue weighted by Gasteiger charge is 2.02. The highest BCUT2D eigenvalue weighted by atomic mass is 19.1. The molecular formula is C16H14FN. The van der Waals surface area contributed by atoms with Gasteiger partial charge in [-0.3, -0.25) is 0 Å². The van der Waals surface area contributed by atoms with Gasteiger partial charge in [-0.25, -0.2) is 4.39 Å². The van der Waals surface area contributed by atoms with E-state index in [-0.39, 0.29) is 5.82 Å². The van der Waals surface area contributed by atoms with Crippen LogP contribution in [0.3, 0.4) is 0 Å². The minimum atomic E-state index is -0.193. The van der Waals surface area contributed by atoms with Crippen molar-refractivity contribution >= 4 is 5.69 Å². The van der Waals surface area contributed by atoms with Crippen molar-refractivity contribution in [3.63, 3.8) is 0 Å². The SMILES string of the molecule is C#Cc1cccc(NCc2cc(C)ccc2F)c1. The van der Waals surface area contributed by atoms with Gasteiger partial charge < -0.3 is 5.32 Å². The fourth-order valence-corrected chi connectivity index (χ4v) is 1.76. The zero-order valence-electron chi connectivity index (χ0n) is 10.2. The van der Waals surface area contributed by atoms with Crippen LogP contribution in [0.5, 0.6) is 0 Å². The minimum absolute atomic E-state index is 0.193. The molecule has 0 radical (unpaired) electrons. The van der Waals surface area contributed by atoms with Crippen molar-refractivity contribution in [1.29, 1.82) is 0 Å². The lowest BCUT2D eigenvalue weighted by Gasteiger charge is -2.08. The van der Waals surface area contributed by atoms with Crippen LogP contribution >= 0.6 is 0 Å². The van der Waals surface area contributed by atoms with Gasteiger partial charge in [-0.2, -0.15) is 0 Å². The number of hydrogen-bond acceptors (Lipinski definition) is 1. The van der Waals surface area contributed by atoms with Gasteiger partial charge in [-0.1, -0.05) is 29.7 Å². The molecule has 0 bridgehead atoms. The van der Waals surface area contributed by atoms with Gasteiger partial charge in [0.2, 0.25) is 0 Å². The first-order chi connectivity index (χ1) is 8.69. The van der Waals surface area contributed by atoms with Crippen LogP contribution in [0, 0.1) is 25.1 Å². The number of terminal acetylenes is 1. The Morgan fingerprint density at radius 2 is 2.06 bits per heavy atom. The summed E-state index contributed by atoms with van der Waals surface area (Å²) in [6.45, 7) is 2.39. The highest BCUT2D eigenvalue weighted by molar-refractivity contribution is 5.50. The molecule has 0 aliphatic rings. The van der Waals surface area contributed by atoms with E-state index in [0.29, 0.717) is 12.1 Å². The average Bonchev–Trinajstić information content (AvgIpc) is 2.40. The summed E-state index contributed by atoms with van der Waals surface area (Å²) in [5.74, 6) is 2.38. The van der Waals surface area contributed by atoms with Crippen molar-refractivity contribution in [2.45, 2.75) is 13.5 Å². The second-order valence-corrected chi connectivity index (χ2v) is 4.17. The molecule has 2 rings (SSSR count). The number of benzene rings is 2. The molecule has 0 aromatic heterocycles. The van der Waals surface area contributed by atoms with Gasteiger partial charge in [-0.15, -0.1) is 6.42 Å². The Bertz CT molecular complexity index is 596. The quantitative estimate of drug-likeness (QED) is 0.805. The Morgan fingerprint density at radius 3 is 2.83 bits per heavy atom. The molecule has 1 N–H and O–H groups in total. The zero-order chi connectivity index (χ0) is 13.0. The number of anilines is 1. The Hall–Kier alpha value is -2.27. The predicted octanol–water partition coefficient (Wildman–Crippen LogP) is 3.73. The molecule has 0 aliphatic heterocycles. The van der Waals surface area contributed by atoms with Crippen LogP contribution in [0.25, 0.3) is 0 Å². The lowest BCUT2D eigenvalue weighted by atomic mass is 10.1. The molecule has 0 unspecified atom stereocenters. The van der Waals surface area contributed by atoms with Crippen LogP contribution in [-0.2, 0) is 6.54 Å². The lowest BCUT2D eigenvalue weighted by molar-refractivity contribution is 0.612. The van der Waals surface area contributed by atoms with E-state index >= 15 is 0 Å². The summed E-state index contributed by atoms with van der Waals surface area (Å²) in [4.78, 5) is 0. The number of rotatable bonds is 3. The number of aryl methyl sites for hydroxylation is 1. The molecule has 2 heteroatoms. The van der Waals surface area contributed by atoms with Gasteiger partial charge in [0.1, 0.15) is 5.82 Å². The van der Waals surface area contributed by atoms with Gasteiger partial charge in [0.05, 0.1) is 0 Å². The average molecular weight is 239 g/mol. The molecule has 0 heterocycles. The Kier molecular flexibility index (Phi) is 3.64. The van der Waals surface area contributed by atoms with Crippen molar-refractivity contribution in [2.24, 2.45) is 0 Å². The first-order valence-electron chi connectivity index (χ1n) is 5.74. The summed E-state index contributed by atoms with van der Waals surface area (Å²) < 4.78 is 13.5. The maximum atomic E-state index is 13.5. The smallest absolute Gasteiger partial charge is 0.128 e. The topological polar surface area (TPSA) is 12.0 Å². The minimum Gasteiger partial charge on any atom is -0.381 e. The number of nitrogens with one attached hydrogen (secondary N) is 1. The standard InChI is InChI=1S/C16H14FN/c1-3-13-5-4-6-15(10-13)18-11-14-9-12(2)7-8-16(14)17/h1,4-10,18H,11H2,2H3. The van der Waals surface area contributed by atoms with E-state index < -0.39 is 0 Å². The Labute approximate surface area is 107 Å². The van der Waals surface area contributed by atoms with Crippen LogP contribution in [-0.4, -0.2) is 0 Å². The van der Waals surface area contributed by atoms with Crippen LogP contribution < -0.4 is 5.32 Å². The van der Waals surface area contributed by atoms with E-state index in [4.69, 9.17) is 6.42 Å². The van der Waals surface area contributed by atoms with Crippen LogP contribution in [0.1, 0.15) is 16.7 Å². The van der Waals surface area contributed by atoms with Crippen LogP contribution in [0.2, 0.25) is 0 Å². The molecule has 1 nitrogen and oxygen atoms in total. The third-order valence-corrected chi connectivity index (χ3v) is 2.71. The van der Waals surface area contributed by atoms with Crippen molar-refractivity contribution in [2.75, 3.05) is 5.32 Å². The molecule has 18 heavy (non-hydrogen) atoms. The summed E-state index contributed by atoms with van der Waals surface area (Å²) >= 11 is 0. The molecule has 0 fully saturated rings. The van der Waals surface area contributed by atoms with Crippen molar-refractivity contribution < 1.29 is 4.39 Å². The van der Waals surface area contributed by atoms with Gasteiger partial charge >= 0.3 is 0 Å². The zero-order valence-corrected chi connectivity index (χ0v) is 10.2. The summed E-state index contributed by atoms with van der Waals surface area (Å²) in [5.41, 5.74) is 3.41. The van der Waals surface area contributed by atoms with E-state index in [0.717, 1.165) is 16.8 Å². The molecule has 0 aliphatic carbocycles. The largest absolute Gasteiger partial charge is 0.381 e. The normalized spacial score (nSPS) is 9.83. The Balaban J connectivity index is 2.11. The fraction of sp³-hybridized carbons (Fsp3) is 0.125. The molecular weight excluding hydrogens is 225 g/mol. The molecule has 0 amide bonds. The molecule has 0 saturated carbocycles. The van der Waals surface area contributed by atoms with Crippen LogP contribution in [0.4, 0.5) is 10.1 Å². The predicted molar refractivity (Wildman–Crippen MR) is 72.8 cm³/mol. The van der Waals surface area contributed by atoms with Gasteiger partial charge in [0.15, 0.2) is 0 Å². The molecule has 0 saturated heterocycles. The van der Waals surface area contributed by atoms with E-state index in [1.165, 1.54) is 6.07 Å². The van der Waals surface area contributed by atoms with Crippen LogP contribution in [0.15, 0.2) is 42.5 Å². The third-order valence-electron chi connectivity index (χ3n) is 2.71. The van der Waals surface area contributed by atoms with Gasteiger partial charge in [0, 0.05) is 23.4 Å². The monoisotopic (exact) mass is 239 g/mol. The van der Waals surface area contributed by atoms with Crippen molar-refractivity contribution in [3.8, 4) is 12.3 Å². The highest BCUT2D eigenvalue weighted by Crippen LogP contribution is 2.14. The van der Waals surface area contributed by atoms with Gasteiger partial charge in [-0.05, 0) is 31.2 Å². The summed E-state index contributed by atoms with van der Waals surface area (Å²) in [5, 5.41) is 3.17. The summed E-state index contributed by atoms with van der Waals surface area (Å²) in [6.07, 6.45) is 5.33. The van der Waals surface area contributed by atoms with E-state index in [2.05, 4.69) is 11.2 Å². The van der Waals surface area contributed by atoms with Gasteiger partial charge in [0.25, 0.3) is 0 Å². The maximum Gasteiger partial charge on any atom is 0.128 e. The first-order valence-corrected chi connectivity index (χ1v) is 5.74. The number of hydrogen-bond donors (Lipinski definition) is 1. The summed E-state index contributed by atoms with van der Waals surface area (Å²) in [7, 11) is 0. The van der Waals surface area contributed by atoms with E-state index in [9.17, 15) is 4.39 Å². The Morgan fingerprint density at radius 1 is 1.22 bits per heavy atom. The second kappa shape index (κ2) is 5.37.